The summed E-state index contributed by atoms with van der Waals surface area (Å²) in [6.07, 6.45) is 0. The molecule has 2 N–H and O–H groups in total. The third-order valence-corrected chi connectivity index (χ3v) is 3.04. The lowest BCUT2D eigenvalue weighted by Crippen LogP contribution is -2.34. The van der Waals surface area contributed by atoms with Crippen LogP contribution in [0.5, 0.6) is 0 Å². The van der Waals surface area contributed by atoms with Gasteiger partial charge in [0.05, 0.1) is 25.3 Å². The molecule has 5 nitrogen and oxygen atoms in total. The molecule has 0 amide bonds. The molecule has 0 saturated carbocycles. The number of carbonyl (C=O) groups excluding carboxylic acids is 1. The van der Waals surface area contributed by atoms with Crippen molar-refractivity contribution in [3.63, 3.8) is 0 Å². The van der Waals surface area contributed by atoms with Crippen LogP contribution in [-0.2, 0) is 9.53 Å². The number of aliphatic hydroxyl groups is 1. The van der Waals surface area contributed by atoms with Crippen LogP contribution in [-0.4, -0.2) is 30.8 Å². The predicted octanol–water partition coefficient (Wildman–Crippen LogP) is 1.66. The van der Waals surface area contributed by atoms with Crippen LogP contribution in [0.2, 0.25) is 0 Å². The van der Waals surface area contributed by atoms with Crippen LogP contribution < -0.4 is 5.32 Å². The number of nitrogens with one attached hydrogen (secondary N) is 1. The lowest BCUT2D eigenvalue weighted by Gasteiger charge is -2.17. The molecule has 0 saturated heterocycles. The number of aliphatic hydroxyl groups excluding tert-OH is 1. The number of ether oxygens (including phenoxy) is 1. The first-order valence-electron chi connectivity index (χ1n) is 6.08. The summed E-state index contributed by atoms with van der Waals surface area (Å²) in [7, 11) is 1.27. The number of nitriles is 1. The summed E-state index contributed by atoms with van der Waals surface area (Å²) < 4.78 is 4.62. The molecule has 0 radical (unpaired) electrons. The summed E-state index contributed by atoms with van der Waals surface area (Å²) in [6.45, 7) is -0.374. The molecule has 0 aromatic heterocycles. The van der Waals surface area contributed by atoms with Crippen LogP contribution >= 0.6 is 0 Å². The van der Waals surface area contributed by atoms with Crippen molar-refractivity contribution in [2.24, 2.45) is 0 Å². The zero-order valence-corrected chi connectivity index (χ0v) is 11.0. The topological polar surface area (TPSA) is 82.3 Å². The van der Waals surface area contributed by atoms with Gasteiger partial charge < -0.3 is 15.2 Å². The lowest BCUT2D eigenvalue weighted by atomic mass is 10.0. The highest BCUT2D eigenvalue weighted by molar-refractivity contribution is 5.98. The first-order valence-corrected chi connectivity index (χ1v) is 6.08. The molecule has 1 unspecified atom stereocenters. The van der Waals surface area contributed by atoms with Crippen LogP contribution in [0.3, 0.4) is 0 Å². The second-order valence-corrected chi connectivity index (χ2v) is 4.22. The number of fused-ring (bicyclic) bond motifs is 1. The Hall–Kier alpha value is -2.58. The number of esters is 1. The maximum Gasteiger partial charge on any atom is 0.330 e. The minimum atomic E-state index is -0.837. The average molecular weight is 270 g/mol. The number of nitrogens with zero attached hydrogens (tertiary/aromatic N) is 1. The number of rotatable bonds is 4. The number of hydrogen-bond acceptors (Lipinski definition) is 5. The van der Waals surface area contributed by atoms with E-state index in [1.54, 1.807) is 12.1 Å². The highest BCUT2D eigenvalue weighted by Crippen LogP contribution is 2.26. The fourth-order valence-electron chi connectivity index (χ4n) is 2.03. The van der Waals surface area contributed by atoms with Gasteiger partial charge in [-0.25, -0.2) is 4.79 Å². The molecular weight excluding hydrogens is 256 g/mol. The van der Waals surface area contributed by atoms with E-state index >= 15 is 0 Å². The van der Waals surface area contributed by atoms with E-state index in [4.69, 9.17) is 5.26 Å². The van der Waals surface area contributed by atoms with Crippen molar-refractivity contribution in [2.75, 3.05) is 19.0 Å². The molecule has 0 fully saturated rings. The largest absolute Gasteiger partial charge is 0.467 e. The van der Waals surface area contributed by atoms with E-state index in [2.05, 4.69) is 16.1 Å². The Kier molecular flexibility index (Phi) is 4.18. The van der Waals surface area contributed by atoms with E-state index in [-0.39, 0.29) is 6.61 Å². The Bertz CT molecular complexity index is 676. The molecular formula is C15H14N2O3. The van der Waals surface area contributed by atoms with Crippen molar-refractivity contribution >= 4 is 22.4 Å². The number of anilines is 1. The maximum absolute atomic E-state index is 11.5. The third kappa shape index (κ3) is 2.56. The van der Waals surface area contributed by atoms with E-state index in [1.165, 1.54) is 7.11 Å². The zero-order chi connectivity index (χ0) is 14.5. The summed E-state index contributed by atoms with van der Waals surface area (Å²) in [4.78, 5) is 11.5. The molecule has 2 aromatic carbocycles. The molecule has 1 atom stereocenters. The van der Waals surface area contributed by atoms with Crippen molar-refractivity contribution in [3.8, 4) is 6.07 Å². The van der Waals surface area contributed by atoms with Crippen LogP contribution in [0.15, 0.2) is 36.4 Å². The molecule has 5 heteroatoms. The van der Waals surface area contributed by atoms with Crippen molar-refractivity contribution < 1.29 is 14.6 Å². The molecule has 0 heterocycles. The van der Waals surface area contributed by atoms with Crippen molar-refractivity contribution in [1.29, 1.82) is 5.26 Å². The highest BCUT2D eigenvalue weighted by Gasteiger charge is 2.18. The van der Waals surface area contributed by atoms with Gasteiger partial charge in [-0.3, -0.25) is 0 Å². The second kappa shape index (κ2) is 6.04. The van der Waals surface area contributed by atoms with Gasteiger partial charge in [-0.2, -0.15) is 5.26 Å². The summed E-state index contributed by atoms with van der Waals surface area (Å²) in [5.74, 6) is -0.541. The van der Waals surface area contributed by atoms with Gasteiger partial charge in [0.1, 0.15) is 6.04 Å². The Morgan fingerprint density at radius 1 is 1.35 bits per heavy atom. The monoisotopic (exact) mass is 270 g/mol. The van der Waals surface area contributed by atoms with E-state index in [1.807, 2.05) is 24.3 Å². The van der Waals surface area contributed by atoms with Crippen molar-refractivity contribution in [2.45, 2.75) is 6.04 Å². The normalized spacial score (nSPS) is 11.7. The number of carbonyl (C=O) groups is 1. The summed E-state index contributed by atoms with van der Waals surface area (Å²) in [5.41, 5.74) is 1.23. The summed E-state index contributed by atoms with van der Waals surface area (Å²) in [6, 6.07) is 12.1. The number of hydrogen-bond donors (Lipinski definition) is 2. The molecule has 0 bridgehead atoms. The minimum Gasteiger partial charge on any atom is -0.467 e. The average Bonchev–Trinajstić information content (AvgIpc) is 2.51. The smallest absolute Gasteiger partial charge is 0.330 e. The predicted molar refractivity (Wildman–Crippen MR) is 75.2 cm³/mol. The maximum atomic E-state index is 11.5. The van der Waals surface area contributed by atoms with Crippen LogP contribution in [0.4, 0.5) is 5.69 Å². The Labute approximate surface area is 116 Å². The molecule has 2 aromatic rings. The van der Waals surface area contributed by atoms with E-state index in [0.29, 0.717) is 11.3 Å². The molecule has 2 rings (SSSR count). The van der Waals surface area contributed by atoms with Crippen molar-refractivity contribution in [3.05, 3.63) is 42.0 Å². The number of benzene rings is 2. The van der Waals surface area contributed by atoms with E-state index in [9.17, 15) is 9.90 Å². The van der Waals surface area contributed by atoms with E-state index < -0.39 is 12.0 Å². The first kappa shape index (κ1) is 13.8. The Morgan fingerprint density at radius 2 is 2.05 bits per heavy atom. The summed E-state index contributed by atoms with van der Waals surface area (Å²) in [5, 5.41) is 22.9. The van der Waals surface area contributed by atoms with Crippen LogP contribution in [0, 0.1) is 11.3 Å². The van der Waals surface area contributed by atoms with Gasteiger partial charge >= 0.3 is 5.97 Å². The van der Waals surface area contributed by atoms with Gasteiger partial charge in [0, 0.05) is 16.5 Å². The summed E-state index contributed by atoms with van der Waals surface area (Å²) >= 11 is 0. The molecule has 102 valence electrons. The van der Waals surface area contributed by atoms with Gasteiger partial charge in [0.25, 0.3) is 0 Å². The van der Waals surface area contributed by atoms with E-state index in [0.717, 1.165) is 10.8 Å². The Morgan fingerprint density at radius 3 is 2.65 bits per heavy atom. The van der Waals surface area contributed by atoms with Gasteiger partial charge in [-0.1, -0.05) is 24.3 Å². The van der Waals surface area contributed by atoms with Crippen molar-refractivity contribution in [1.82, 2.24) is 0 Å². The van der Waals surface area contributed by atoms with Crippen LogP contribution in [0.1, 0.15) is 5.56 Å². The van der Waals surface area contributed by atoms with Crippen LogP contribution in [0.25, 0.3) is 10.8 Å². The molecule has 0 aliphatic rings. The van der Waals surface area contributed by atoms with Gasteiger partial charge in [-0.15, -0.1) is 0 Å². The highest BCUT2D eigenvalue weighted by atomic mass is 16.5. The van der Waals surface area contributed by atoms with Gasteiger partial charge in [0.2, 0.25) is 0 Å². The molecule has 20 heavy (non-hydrogen) atoms. The molecule has 0 aliphatic heterocycles. The van der Waals surface area contributed by atoms with Gasteiger partial charge in [0.15, 0.2) is 0 Å². The lowest BCUT2D eigenvalue weighted by molar-refractivity contribution is -0.142. The number of methoxy groups -OCH3 is 1. The standard InChI is InChI=1S/C15H14N2O3/c1-20-15(19)14(9-18)17-13-7-6-10(8-16)11-4-2-3-5-12(11)13/h2-7,14,17-18H,9H2,1H3. The zero-order valence-electron chi connectivity index (χ0n) is 11.0. The minimum absolute atomic E-state index is 0.374. The Balaban J connectivity index is 2.46. The fraction of sp³-hybridized carbons (Fsp3) is 0.200. The molecule has 0 spiro atoms. The third-order valence-electron chi connectivity index (χ3n) is 3.04. The second-order valence-electron chi connectivity index (χ2n) is 4.22. The van der Waals surface area contributed by atoms with Gasteiger partial charge in [-0.05, 0) is 12.1 Å². The fourth-order valence-corrected chi connectivity index (χ4v) is 2.03. The SMILES string of the molecule is COC(=O)C(CO)Nc1ccc(C#N)c2ccccc12. The molecule has 0 aliphatic carbocycles. The quantitative estimate of drug-likeness (QED) is 0.826. The first-order chi connectivity index (χ1) is 9.71.